The number of fused-ring (bicyclic) bond motifs is 2. The van der Waals surface area contributed by atoms with E-state index in [9.17, 15) is 9.59 Å². The van der Waals surface area contributed by atoms with Crippen molar-refractivity contribution in [1.82, 2.24) is 10.3 Å². The zero-order valence-corrected chi connectivity index (χ0v) is 12.2. The lowest BCUT2D eigenvalue weighted by Crippen LogP contribution is -2.29. The molecule has 2 aromatic rings. The third-order valence-electron chi connectivity index (χ3n) is 3.47. The van der Waals surface area contributed by atoms with Crippen LogP contribution in [0.5, 0.6) is 0 Å². The number of amides is 2. The van der Waals surface area contributed by atoms with Crippen LogP contribution in [0.4, 0.5) is 17.2 Å². The van der Waals surface area contributed by atoms with Gasteiger partial charge in [0.25, 0.3) is 5.91 Å². The lowest BCUT2D eigenvalue weighted by Gasteiger charge is -2.22. The van der Waals surface area contributed by atoms with E-state index in [0.29, 0.717) is 35.7 Å². The molecule has 0 bridgehead atoms. The number of hydrogen-bond donors (Lipinski definition) is 2. The van der Waals surface area contributed by atoms with E-state index in [1.54, 1.807) is 49.6 Å². The van der Waals surface area contributed by atoms with Gasteiger partial charge in [0.2, 0.25) is 5.91 Å². The SMILES string of the molecule is CNCCC(=O)N1c2ccccc2C(=O)Nc2cccnc21. The van der Waals surface area contributed by atoms with Crippen LogP contribution in [0.1, 0.15) is 16.8 Å². The van der Waals surface area contributed by atoms with Gasteiger partial charge in [-0.05, 0) is 31.3 Å². The first-order chi connectivity index (χ1) is 10.7. The van der Waals surface area contributed by atoms with E-state index in [1.165, 1.54) is 4.90 Å². The molecule has 112 valence electrons. The van der Waals surface area contributed by atoms with Crippen LogP contribution >= 0.6 is 0 Å². The highest BCUT2D eigenvalue weighted by atomic mass is 16.2. The summed E-state index contributed by atoms with van der Waals surface area (Å²) in [5.74, 6) is 0.0916. The fraction of sp³-hybridized carbons (Fsp3) is 0.188. The first kappa shape index (κ1) is 14.2. The number of para-hydroxylation sites is 1. The number of carbonyl (C=O) groups excluding carboxylic acids is 2. The molecule has 0 atom stereocenters. The van der Waals surface area contributed by atoms with Gasteiger partial charge in [-0.1, -0.05) is 12.1 Å². The molecule has 1 aliphatic rings. The van der Waals surface area contributed by atoms with Gasteiger partial charge in [0.05, 0.1) is 16.9 Å². The van der Waals surface area contributed by atoms with E-state index in [0.717, 1.165) is 0 Å². The molecule has 1 aromatic heterocycles. The Morgan fingerprint density at radius 1 is 1.27 bits per heavy atom. The van der Waals surface area contributed by atoms with Crippen molar-refractivity contribution in [3.63, 3.8) is 0 Å². The fourth-order valence-electron chi connectivity index (χ4n) is 2.43. The molecule has 0 saturated carbocycles. The number of aromatic nitrogens is 1. The van der Waals surface area contributed by atoms with Crippen LogP contribution in [-0.4, -0.2) is 30.4 Å². The maximum Gasteiger partial charge on any atom is 0.257 e. The Kier molecular flexibility index (Phi) is 3.84. The van der Waals surface area contributed by atoms with Crippen LogP contribution in [0.3, 0.4) is 0 Å². The van der Waals surface area contributed by atoms with Gasteiger partial charge in [0.1, 0.15) is 0 Å². The molecule has 1 aromatic carbocycles. The minimum absolute atomic E-state index is 0.113. The zero-order valence-electron chi connectivity index (χ0n) is 12.2. The molecule has 6 nitrogen and oxygen atoms in total. The molecule has 1 aliphatic heterocycles. The number of nitrogens with one attached hydrogen (secondary N) is 2. The van der Waals surface area contributed by atoms with Crippen LogP contribution < -0.4 is 15.5 Å². The summed E-state index contributed by atoms with van der Waals surface area (Å²) in [7, 11) is 1.79. The van der Waals surface area contributed by atoms with Gasteiger partial charge < -0.3 is 10.6 Å². The molecule has 2 N–H and O–H groups in total. The highest BCUT2D eigenvalue weighted by Crippen LogP contribution is 2.36. The fourth-order valence-corrected chi connectivity index (χ4v) is 2.43. The third kappa shape index (κ3) is 2.44. The Labute approximate surface area is 128 Å². The van der Waals surface area contributed by atoms with Gasteiger partial charge in [0.15, 0.2) is 5.82 Å². The van der Waals surface area contributed by atoms with Crippen molar-refractivity contribution in [2.75, 3.05) is 23.8 Å². The van der Waals surface area contributed by atoms with E-state index in [2.05, 4.69) is 15.6 Å². The second-order valence-corrected chi connectivity index (χ2v) is 4.93. The monoisotopic (exact) mass is 296 g/mol. The molecule has 0 spiro atoms. The molecule has 6 heteroatoms. The second-order valence-electron chi connectivity index (χ2n) is 4.93. The van der Waals surface area contributed by atoms with Gasteiger partial charge >= 0.3 is 0 Å². The molecule has 2 amide bonds. The van der Waals surface area contributed by atoms with Crippen LogP contribution in [0.25, 0.3) is 0 Å². The first-order valence-corrected chi connectivity index (χ1v) is 7.05. The van der Waals surface area contributed by atoms with Crippen LogP contribution in [-0.2, 0) is 4.79 Å². The van der Waals surface area contributed by atoms with Crippen molar-refractivity contribution in [3.05, 3.63) is 48.2 Å². The predicted octanol–water partition coefficient (Wildman–Crippen LogP) is 1.92. The summed E-state index contributed by atoms with van der Waals surface area (Å²) in [6, 6.07) is 10.5. The maximum absolute atomic E-state index is 12.6. The number of anilines is 3. The summed E-state index contributed by atoms with van der Waals surface area (Å²) in [5, 5.41) is 5.77. The van der Waals surface area contributed by atoms with Gasteiger partial charge in [0, 0.05) is 19.2 Å². The highest BCUT2D eigenvalue weighted by molar-refractivity contribution is 6.17. The zero-order chi connectivity index (χ0) is 15.5. The second kappa shape index (κ2) is 5.95. The van der Waals surface area contributed by atoms with E-state index in [4.69, 9.17) is 0 Å². The molecular weight excluding hydrogens is 280 g/mol. The van der Waals surface area contributed by atoms with Crippen LogP contribution in [0.2, 0.25) is 0 Å². The highest BCUT2D eigenvalue weighted by Gasteiger charge is 2.29. The first-order valence-electron chi connectivity index (χ1n) is 7.05. The Morgan fingerprint density at radius 3 is 2.91 bits per heavy atom. The summed E-state index contributed by atoms with van der Waals surface area (Å²) in [4.78, 5) is 30.8. The summed E-state index contributed by atoms with van der Waals surface area (Å²) < 4.78 is 0. The van der Waals surface area contributed by atoms with E-state index in [-0.39, 0.29) is 11.8 Å². The molecule has 22 heavy (non-hydrogen) atoms. The van der Waals surface area contributed by atoms with Crippen molar-refractivity contribution in [2.45, 2.75) is 6.42 Å². The summed E-state index contributed by atoms with van der Waals surface area (Å²) in [6.45, 7) is 0.557. The number of nitrogens with zero attached hydrogens (tertiary/aromatic N) is 2. The minimum Gasteiger partial charge on any atom is -0.319 e. The van der Waals surface area contributed by atoms with Gasteiger partial charge in [-0.3, -0.25) is 14.5 Å². The Morgan fingerprint density at radius 2 is 2.09 bits per heavy atom. The largest absolute Gasteiger partial charge is 0.319 e. The van der Waals surface area contributed by atoms with E-state index in [1.807, 2.05) is 0 Å². The van der Waals surface area contributed by atoms with Gasteiger partial charge in [-0.15, -0.1) is 0 Å². The molecule has 3 rings (SSSR count). The van der Waals surface area contributed by atoms with Crippen molar-refractivity contribution in [1.29, 1.82) is 0 Å². The number of carbonyl (C=O) groups is 2. The average Bonchev–Trinajstić information content (AvgIpc) is 2.67. The van der Waals surface area contributed by atoms with Gasteiger partial charge in [-0.2, -0.15) is 0 Å². The molecule has 0 saturated heterocycles. The number of rotatable bonds is 3. The summed E-state index contributed by atoms with van der Waals surface area (Å²) in [5.41, 5.74) is 1.54. The Balaban J connectivity index is 2.15. The van der Waals surface area contributed by atoms with Crippen molar-refractivity contribution < 1.29 is 9.59 Å². The lowest BCUT2D eigenvalue weighted by molar-refractivity contribution is -0.117. The summed E-state index contributed by atoms with van der Waals surface area (Å²) >= 11 is 0. The normalized spacial score (nSPS) is 13.0. The van der Waals surface area contributed by atoms with Crippen LogP contribution in [0, 0.1) is 0 Å². The topological polar surface area (TPSA) is 74.3 Å². The van der Waals surface area contributed by atoms with Crippen molar-refractivity contribution >= 4 is 29.0 Å². The Hall–Kier alpha value is -2.73. The predicted molar refractivity (Wildman–Crippen MR) is 84.3 cm³/mol. The number of pyridine rings is 1. The number of hydrogen-bond acceptors (Lipinski definition) is 4. The molecule has 0 radical (unpaired) electrons. The number of benzene rings is 1. The van der Waals surface area contributed by atoms with E-state index >= 15 is 0 Å². The van der Waals surface area contributed by atoms with Crippen molar-refractivity contribution in [3.8, 4) is 0 Å². The Bertz CT molecular complexity index is 730. The average molecular weight is 296 g/mol. The molecule has 0 unspecified atom stereocenters. The van der Waals surface area contributed by atoms with Gasteiger partial charge in [-0.25, -0.2) is 4.98 Å². The molecular formula is C16H16N4O2. The summed E-state index contributed by atoms with van der Waals surface area (Å²) in [6.07, 6.45) is 1.92. The third-order valence-corrected chi connectivity index (χ3v) is 3.47. The molecule has 0 fully saturated rings. The van der Waals surface area contributed by atoms with Crippen LogP contribution in [0.15, 0.2) is 42.6 Å². The maximum atomic E-state index is 12.6. The quantitative estimate of drug-likeness (QED) is 0.907. The molecule has 0 aliphatic carbocycles. The lowest BCUT2D eigenvalue weighted by atomic mass is 10.1. The van der Waals surface area contributed by atoms with Crippen molar-refractivity contribution in [2.24, 2.45) is 0 Å². The molecule has 2 heterocycles. The standard InChI is InChI=1S/C16H16N4O2/c1-17-10-8-14(21)20-13-7-3-2-5-11(13)16(22)19-12-6-4-9-18-15(12)20/h2-7,9,17H,8,10H2,1H3,(H,19,22). The minimum atomic E-state index is -0.242. The smallest absolute Gasteiger partial charge is 0.257 e. The van der Waals surface area contributed by atoms with E-state index < -0.39 is 0 Å².